The highest BCUT2D eigenvalue weighted by Crippen LogP contribution is 2.29. The molecule has 1 aromatic carbocycles. The van der Waals surface area contributed by atoms with Gasteiger partial charge in [0.1, 0.15) is 0 Å². The maximum atomic E-state index is 12.2. The van der Waals surface area contributed by atoms with Crippen LogP contribution in [0, 0.1) is 0 Å². The monoisotopic (exact) mass is 296 g/mol. The number of halogens is 2. The van der Waals surface area contributed by atoms with Crippen LogP contribution in [0.2, 0.25) is 10.0 Å². The minimum Gasteiger partial charge on any atom is -0.326 e. The van der Waals surface area contributed by atoms with Crippen LogP contribution in [-0.2, 0) is 13.1 Å². The molecule has 0 radical (unpaired) electrons. The van der Waals surface area contributed by atoms with Gasteiger partial charge in [0.15, 0.2) is 0 Å². The van der Waals surface area contributed by atoms with E-state index in [1.807, 2.05) is 19.1 Å². The van der Waals surface area contributed by atoms with E-state index in [0.29, 0.717) is 22.2 Å². The summed E-state index contributed by atoms with van der Waals surface area (Å²) in [5.41, 5.74) is 7.63. The summed E-state index contributed by atoms with van der Waals surface area (Å²) in [6, 6.07) is 8.84. The van der Waals surface area contributed by atoms with Crippen LogP contribution < -0.4 is 11.3 Å². The summed E-state index contributed by atoms with van der Waals surface area (Å²) in [5, 5.41) is 1.09. The highest BCUT2D eigenvalue weighted by Gasteiger charge is 2.11. The van der Waals surface area contributed by atoms with Gasteiger partial charge in [0.2, 0.25) is 0 Å². The maximum absolute atomic E-state index is 12.2. The molecule has 100 valence electrons. The number of aromatic nitrogens is 1. The Bertz CT molecular complexity index is 665. The van der Waals surface area contributed by atoms with Gasteiger partial charge >= 0.3 is 0 Å². The van der Waals surface area contributed by atoms with Crippen molar-refractivity contribution in [2.45, 2.75) is 20.0 Å². The topological polar surface area (TPSA) is 48.0 Å². The van der Waals surface area contributed by atoms with Crippen LogP contribution in [-0.4, -0.2) is 4.57 Å². The lowest BCUT2D eigenvalue weighted by molar-refractivity contribution is 0.723. The molecule has 2 N–H and O–H groups in total. The van der Waals surface area contributed by atoms with Crippen molar-refractivity contribution in [2.75, 3.05) is 0 Å². The molecule has 0 amide bonds. The molecule has 0 aliphatic carbocycles. The van der Waals surface area contributed by atoms with Crippen molar-refractivity contribution in [3.05, 3.63) is 56.3 Å². The summed E-state index contributed by atoms with van der Waals surface area (Å²) in [4.78, 5) is 12.2. The highest BCUT2D eigenvalue weighted by atomic mass is 35.5. The van der Waals surface area contributed by atoms with Crippen LogP contribution in [0.1, 0.15) is 12.5 Å². The molecule has 5 heteroatoms. The summed E-state index contributed by atoms with van der Waals surface area (Å²) in [7, 11) is 0. The van der Waals surface area contributed by atoms with E-state index in [4.69, 9.17) is 28.9 Å². The molecular formula is C14H14Cl2N2O. The van der Waals surface area contributed by atoms with Gasteiger partial charge in [-0.3, -0.25) is 4.79 Å². The van der Waals surface area contributed by atoms with Crippen LogP contribution in [0.25, 0.3) is 11.3 Å². The molecule has 1 aromatic heterocycles. The standard InChI is InChI=1S/C14H14Cl2N2O/c1-2-18-13(6-3-9(8-17)14(18)19)11-5-4-10(15)7-12(11)16/h3-7H,2,8,17H2,1H3. The van der Waals surface area contributed by atoms with Crippen molar-refractivity contribution in [2.24, 2.45) is 5.73 Å². The van der Waals surface area contributed by atoms with E-state index in [1.165, 1.54) is 0 Å². The molecule has 0 aliphatic heterocycles. The maximum Gasteiger partial charge on any atom is 0.255 e. The van der Waals surface area contributed by atoms with Crippen LogP contribution in [0.5, 0.6) is 0 Å². The predicted molar refractivity (Wildman–Crippen MR) is 79.7 cm³/mol. The fourth-order valence-corrected chi connectivity index (χ4v) is 2.53. The molecule has 0 saturated heterocycles. The van der Waals surface area contributed by atoms with E-state index >= 15 is 0 Å². The quantitative estimate of drug-likeness (QED) is 0.945. The van der Waals surface area contributed by atoms with Crippen molar-refractivity contribution in [1.29, 1.82) is 0 Å². The zero-order chi connectivity index (χ0) is 14.0. The first kappa shape index (κ1) is 14.1. The van der Waals surface area contributed by atoms with Gasteiger partial charge in [-0.05, 0) is 31.2 Å². The Hall–Kier alpha value is -1.29. The molecule has 0 saturated carbocycles. The second-order valence-corrected chi connectivity index (χ2v) is 4.97. The number of nitrogens with zero attached hydrogens (tertiary/aromatic N) is 1. The molecule has 0 spiro atoms. The summed E-state index contributed by atoms with van der Waals surface area (Å²) < 4.78 is 1.66. The molecule has 19 heavy (non-hydrogen) atoms. The SMILES string of the molecule is CCn1c(-c2ccc(Cl)cc2Cl)ccc(CN)c1=O. The highest BCUT2D eigenvalue weighted by molar-refractivity contribution is 6.36. The molecule has 1 heterocycles. The summed E-state index contributed by atoms with van der Waals surface area (Å²) >= 11 is 12.1. The van der Waals surface area contributed by atoms with E-state index in [9.17, 15) is 4.79 Å². The average molecular weight is 297 g/mol. The minimum atomic E-state index is -0.0754. The van der Waals surface area contributed by atoms with Gasteiger partial charge in [-0.1, -0.05) is 29.3 Å². The molecule has 2 aromatic rings. The second-order valence-electron chi connectivity index (χ2n) is 4.12. The Labute approximate surface area is 121 Å². The van der Waals surface area contributed by atoms with Gasteiger partial charge in [0, 0.05) is 29.2 Å². The van der Waals surface area contributed by atoms with Crippen LogP contribution in [0.15, 0.2) is 35.1 Å². The van der Waals surface area contributed by atoms with Gasteiger partial charge in [0.25, 0.3) is 5.56 Å². The Kier molecular flexibility index (Phi) is 4.30. The molecular weight excluding hydrogens is 283 g/mol. The zero-order valence-electron chi connectivity index (χ0n) is 10.5. The molecule has 0 unspecified atom stereocenters. The normalized spacial score (nSPS) is 10.7. The number of rotatable bonds is 3. The third-order valence-electron chi connectivity index (χ3n) is 3.00. The number of hydrogen-bond acceptors (Lipinski definition) is 2. The summed E-state index contributed by atoms with van der Waals surface area (Å²) in [6.07, 6.45) is 0. The second kappa shape index (κ2) is 5.78. The molecule has 2 rings (SSSR count). The van der Waals surface area contributed by atoms with Crippen LogP contribution in [0.4, 0.5) is 0 Å². The van der Waals surface area contributed by atoms with Crippen molar-refractivity contribution in [3.8, 4) is 11.3 Å². The van der Waals surface area contributed by atoms with E-state index < -0.39 is 0 Å². The molecule has 0 fully saturated rings. The Morgan fingerprint density at radius 1 is 1.21 bits per heavy atom. The lowest BCUT2D eigenvalue weighted by Gasteiger charge is -2.14. The number of benzene rings is 1. The van der Waals surface area contributed by atoms with Gasteiger partial charge in [-0.25, -0.2) is 0 Å². The largest absolute Gasteiger partial charge is 0.326 e. The summed E-state index contributed by atoms with van der Waals surface area (Å²) in [6.45, 7) is 2.70. The number of hydrogen-bond donors (Lipinski definition) is 1. The predicted octanol–water partition coefficient (Wildman–Crippen LogP) is 3.30. The average Bonchev–Trinajstić information content (AvgIpc) is 2.38. The molecule has 0 bridgehead atoms. The van der Waals surface area contributed by atoms with Gasteiger partial charge in [0.05, 0.1) is 10.7 Å². The van der Waals surface area contributed by atoms with Gasteiger partial charge in [-0.15, -0.1) is 0 Å². The van der Waals surface area contributed by atoms with Crippen molar-refractivity contribution in [1.82, 2.24) is 4.57 Å². The first-order valence-corrected chi connectivity index (χ1v) is 6.72. The van der Waals surface area contributed by atoms with Crippen LogP contribution in [0.3, 0.4) is 0 Å². The van der Waals surface area contributed by atoms with E-state index in [0.717, 1.165) is 11.3 Å². The molecule has 3 nitrogen and oxygen atoms in total. The zero-order valence-corrected chi connectivity index (χ0v) is 12.0. The molecule has 0 atom stereocenters. The third-order valence-corrected chi connectivity index (χ3v) is 3.54. The molecule has 0 aliphatic rings. The van der Waals surface area contributed by atoms with Gasteiger partial charge < -0.3 is 10.3 Å². The Balaban J connectivity index is 2.69. The Morgan fingerprint density at radius 2 is 1.95 bits per heavy atom. The van der Waals surface area contributed by atoms with Crippen molar-refractivity contribution in [3.63, 3.8) is 0 Å². The van der Waals surface area contributed by atoms with E-state index in [1.54, 1.807) is 22.8 Å². The van der Waals surface area contributed by atoms with Crippen molar-refractivity contribution >= 4 is 23.2 Å². The summed E-state index contributed by atoms with van der Waals surface area (Å²) in [5.74, 6) is 0. The van der Waals surface area contributed by atoms with E-state index in [2.05, 4.69) is 0 Å². The number of pyridine rings is 1. The lowest BCUT2D eigenvalue weighted by atomic mass is 10.1. The lowest BCUT2D eigenvalue weighted by Crippen LogP contribution is -2.25. The third kappa shape index (κ3) is 2.68. The van der Waals surface area contributed by atoms with E-state index in [-0.39, 0.29) is 12.1 Å². The first-order chi connectivity index (χ1) is 9.08. The Morgan fingerprint density at radius 3 is 2.53 bits per heavy atom. The fraction of sp³-hybridized carbons (Fsp3) is 0.214. The smallest absolute Gasteiger partial charge is 0.255 e. The first-order valence-electron chi connectivity index (χ1n) is 5.96. The van der Waals surface area contributed by atoms with Gasteiger partial charge in [-0.2, -0.15) is 0 Å². The number of nitrogens with two attached hydrogens (primary N) is 1. The van der Waals surface area contributed by atoms with Crippen molar-refractivity contribution < 1.29 is 0 Å². The minimum absolute atomic E-state index is 0.0754. The van der Waals surface area contributed by atoms with Crippen LogP contribution >= 0.6 is 23.2 Å². The fourth-order valence-electron chi connectivity index (χ4n) is 2.03.